The van der Waals surface area contributed by atoms with E-state index in [1.54, 1.807) is 12.1 Å². The Kier molecular flexibility index (Phi) is 6.58. The van der Waals surface area contributed by atoms with Crippen molar-refractivity contribution in [2.24, 2.45) is 22.4 Å². The molecule has 3 aromatic carbocycles. The van der Waals surface area contributed by atoms with Gasteiger partial charge in [-0.1, -0.05) is 68.4 Å². The number of nitrogens with one attached hydrogen (secondary N) is 1. The van der Waals surface area contributed by atoms with Crippen LogP contribution in [0.5, 0.6) is 5.75 Å². The van der Waals surface area contributed by atoms with Crippen LogP contribution in [0.1, 0.15) is 55.1 Å². The van der Waals surface area contributed by atoms with Gasteiger partial charge in [-0.05, 0) is 72.3 Å². The van der Waals surface area contributed by atoms with Crippen LogP contribution in [0.15, 0.2) is 84.0 Å². The number of rotatable bonds is 7. The molecule has 1 heterocycles. The Balaban J connectivity index is 1.07. The van der Waals surface area contributed by atoms with E-state index in [2.05, 4.69) is 48.6 Å². The Morgan fingerprint density at radius 3 is 2.50 bits per heavy atom. The van der Waals surface area contributed by atoms with Crippen molar-refractivity contribution in [2.45, 2.75) is 52.4 Å². The second-order valence-corrected chi connectivity index (χ2v) is 11.2. The van der Waals surface area contributed by atoms with Gasteiger partial charge in [-0.2, -0.15) is 5.10 Å². The first-order chi connectivity index (χ1) is 18.4. The minimum Gasteiger partial charge on any atom is -0.488 e. The third-order valence-corrected chi connectivity index (χ3v) is 8.69. The van der Waals surface area contributed by atoms with Crippen molar-refractivity contribution < 1.29 is 18.8 Å². The summed E-state index contributed by atoms with van der Waals surface area (Å²) in [5.74, 6) is 1.81. The van der Waals surface area contributed by atoms with Crippen molar-refractivity contribution in [3.05, 3.63) is 95.6 Å². The Bertz CT molecular complexity index is 1340. The number of carbonyl (C=O) groups excluding carboxylic acids is 1. The van der Waals surface area contributed by atoms with E-state index < -0.39 is 0 Å². The summed E-state index contributed by atoms with van der Waals surface area (Å²) >= 11 is 0. The standard InChI is InChI=1S/C31H33BN2O4/c1-20(33-34-30(35)22-9-5-4-6-10-22)25-11-7-8-12-27(25)36-19-21-13-15-24(16-14-21)32-37-28-18-23-17-26(29(28)38-32)31(23,2)3/h4-16,23,26,28-29H,17-19H2,1-3H3,(H,34,35)/b33-20+. The van der Waals surface area contributed by atoms with Gasteiger partial charge in [-0.3, -0.25) is 4.79 Å². The molecular weight excluding hydrogens is 475 g/mol. The number of hydrogen-bond acceptors (Lipinski definition) is 5. The first kappa shape index (κ1) is 24.9. The molecule has 3 saturated carbocycles. The van der Waals surface area contributed by atoms with Gasteiger partial charge in [0.2, 0.25) is 0 Å². The summed E-state index contributed by atoms with van der Waals surface area (Å²) in [5, 5.41) is 4.30. The van der Waals surface area contributed by atoms with Gasteiger partial charge in [0.1, 0.15) is 12.4 Å². The van der Waals surface area contributed by atoms with Crippen LogP contribution in [0, 0.1) is 17.3 Å². The summed E-state index contributed by atoms with van der Waals surface area (Å²) < 4.78 is 18.9. The minimum atomic E-state index is -0.291. The number of hydrazone groups is 1. The Morgan fingerprint density at radius 2 is 1.74 bits per heavy atom. The lowest BCUT2D eigenvalue weighted by molar-refractivity contribution is -0.150. The van der Waals surface area contributed by atoms with Crippen LogP contribution < -0.4 is 15.6 Å². The van der Waals surface area contributed by atoms with Gasteiger partial charge in [0.25, 0.3) is 5.91 Å². The number of ether oxygens (including phenoxy) is 1. The number of para-hydroxylation sites is 1. The molecule has 2 bridgehead atoms. The van der Waals surface area contributed by atoms with Gasteiger partial charge in [0, 0.05) is 11.1 Å². The average Bonchev–Trinajstić information content (AvgIpc) is 3.40. The maximum absolute atomic E-state index is 12.4. The molecule has 1 saturated heterocycles. The van der Waals surface area contributed by atoms with Crippen LogP contribution in [0.4, 0.5) is 0 Å². The lowest BCUT2D eigenvalue weighted by Crippen LogP contribution is -2.59. The number of benzene rings is 3. The van der Waals surface area contributed by atoms with Gasteiger partial charge < -0.3 is 14.0 Å². The first-order valence-corrected chi connectivity index (χ1v) is 13.4. The van der Waals surface area contributed by atoms with Gasteiger partial charge in [-0.15, -0.1) is 0 Å². The van der Waals surface area contributed by atoms with Crippen molar-refractivity contribution in [3.63, 3.8) is 0 Å². The summed E-state index contributed by atoms with van der Waals surface area (Å²) in [5.41, 5.74) is 7.15. The first-order valence-electron chi connectivity index (χ1n) is 13.4. The van der Waals surface area contributed by atoms with Crippen LogP contribution in [-0.2, 0) is 15.9 Å². The van der Waals surface area contributed by atoms with Gasteiger partial charge in [0.05, 0.1) is 17.9 Å². The zero-order chi connectivity index (χ0) is 26.3. The van der Waals surface area contributed by atoms with Gasteiger partial charge in [0.15, 0.2) is 0 Å². The fourth-order valence-electron chi connectivity index (χ4n) is 6.17. The molecule has 4 atom stereocenters. The van der Waals surface area contributed by atoms with Crippen molar-refractivity contribution in [3.8, 4) is 5.75 Å². The van der Waals surface area contributed by atoms with E-state index in [1.165, 1.54) is 6.42 Å². The zero-order valence-corrected chi connectivity index (χ0v) is 22.1. The number of hydrogen-bond donors (Lipinski definition) is 1. The molecule has 4 unspecified atom stereocenters. The molecule has 1 N–H and O–H groups in total. The van der Waals surface area contributed by atoms with E-state index in [-0.39, 0.29) is 25.2 Å². The van der Waals surface area contributed by atoms with Gasteiger partial charge in [-0.25, -0.2) is 5.43 Å². The highest BCUT2D eigenvalue weighted by atomic mass is 16.7. The molecule has 0 radical (unpaired) electrons. The minimum absolute atomic E-state index is 0.210. The van der Waals surface area contributed by atoms with E-state index in [4.69, 9.17) is 14.0 Å². The van der Waals surface area contributed by atoms with Crippen molar-refractivity contribution >= 4 is 24.2 Å². The molecule has 0 spiro atoms. The molecule has 3 aliphatic carbocycles. The van der Waals surface area contributed by atoms with Crippen molar-refractivity contribution in [2.75, 3.05) is 0 Å². The fraction of sp³-hybridized carbons (Fsp3) is 0.355. The van der Waals surface area contributed by atoms with Crippen LogP contribution in [0.25, 0.3) is 0 Å². The van der Waals surface area contributed by atoms with Crippen LogP contribution >= 0.6 is 0 Å². The smallest absolute Gasteiger partial charge is 0.488 e. The monoisotopic (exact) mass is 508 g/mol. The molecule has 1 amide bonds. The van der Waals surface area contributed by atoms with E-state index in [0.29, 0.717) is 35.0 Å². The normalized spacial score (nSPS) is 25.3. The third-order valence-electron chi connectivity index (χ3n) is 8.69. The Morgan fingerprint density at radius 1 is 1.00 bits per heavy atom. The van der Waals surface area contributed by atoms with Crippen LogP contribution in [0.3, 0.4) is 0 Å². The number of nitrogens with zero attached hydrogens (tertiary/aromatic N) is 1. The van der Waals surface area contributed by atoms with E-state index in [9.17, 15) is 4.79 Å². The summed E-state index contributed by atoms with van der Waals surface area (Å²) in [4.78, 5) is 12.4. The fourth-order valence-corrected chi connectivity index (χ4v) is 6.17. The molecule has 4 fully saturated rings. The summed E-state index contributed by atoms with van der Waals surface area (Å²) in [6, 6.07) is 25.0. The highest BCUT2D eigenvalue weighted by molar-refractivity contribution is 6.61. The highest BCUT2D eigenvalue weighted by Crippen LogP contribution is 2.61. The largest absolute Gasteiger partial charge is 0.494 e. The maximum Gasteiger partial charge on any atom is 0.494 e. The van der Waals surface area contributed by atoms with Crippen molar-refractivity contribution in [1.29, 1.82) is 0 Å². The quantitative estimate of drug-likeness (QED) is 0.278. The van der Waals surface area contributed by atoms with Crippen molar-refractivity contribution in [1.82, 2.24) is 5.43 Å². The second kappa shape index (κ2) is 10.0. The molecule has 3 aromatic rings. The lowest BCUT2D eigenvalue weighted by atomic mass is 9.47. The topological polar surface area (TPSA) is 69.2 Å². The van der Waals surface area contributed by atoms with E-state index in [0.717, 1.165) is 28.9 Å². The number of amides is 1. The zero-order valence-electron chi connectivity index (χ0n) is 22.1. The third kappa shape index (κ3) is 4.65. The molecule has 7 heteroatoms. The van der Waals surface area contributed by atoms with E-state index in [1.807, 2.05) is 49.4 Å². The summed E-state index contributed by atoms with van der Waals surface area (Å²) in [6.45, 7) is 7.02. The predicted molar refractivity (Wildman–Crippen MR) is 148 cm³/mol. The number of carbonyl (C=O) groups is 1. The Hall–Kier alpha value is -3.42. The molecule has 38 heavy (non-hydrogen) atoms. The van der Waals surface area contributed by atoms with Crippen LogP contribution in [0.2, 0.25) is 0 Å². The summed E-state index contributed by atoms with van der Waals surface area (Å²) in [7, 11) is -0.291. The Labute approximate surface area is 224 Å². The molecule has 0 aromatic heterocycles. The molecule has 4 aliphatic rings. The SMILES string of the molecule is C/C(=N\NC(=O)c1ccccc1)c1ccccc1OCc1ccc(B2OC3CC4CC(C3O2)C4(C)C)cc1. The summed E-state index contributed by atoms with van der Waals surface area (Å²) in [6.07, 6.45) is 2.81. The van der Waals surface area contributed by atoms with E-state index >= 15 is 0 Å². The predicted octanol–water partition coefficient (Wildman–Crippen LogP) is 4.96. The van der Waals surface area contributed by atoms with Gasteiger partial charge >= 0.3 is 7.12 Å². The molecule has 1 aliphatic heterocycles. The molecular formula is C31H33BN2O4. The second-order valence-electron chi connectivity index (χ2n) is 11.2. The molecule has 7 rings (SSSR count). The molecule has 194 valence electrons. The molecule has 6 nitrogen and oxygen atoms in total. The average molecular weight is 508 g/mol. The highest BCUT2D eigenvalue weighted by Gasteiger charge is 2.62. The lowest BCUT2D eigenvalue weighted by Gasteiger charge is -2.60. The van der Waals surface area contributed by atoms with Crippen LogP contribution in [-0.4, -0.2) is 30.9 Å². The maximum atomic E-state index is 12.4.